The first-order chi connectivity index (χ1) is 50.5. The molecule has 7 aliphatic heterocycles. The van der Waals surface area contributed by atoms with Crippen molar-refractivity contribution < 1.29 is 23.5 Å². The molecule has 25 nitrogen and oxygen atoms in total. The van der Waals surface area contributed by atoms with Gasteiger partial charge >= 0.3 is 0 Å². The molecule has 0 aliphatic carbocycles. The molecule has 558 valence electrons. The van der Waals surface area contributed by atoms with Crippen LogP contribution in [0.4, 0.5) is 50.7 Å². The number of aromatic nitrogens is 6. The summed E-state index contributed by atoms with van der Waals surface area (Å²) < 4.78 is 19.1. The van der Waals surface area contributed by atoms with E-state index in [9.17, 15) is 24.0 Å². The van der Waals surface area contributed by atoms with Crippen LogP contribution in [-0.4, -0.2) is 210 Å². The second kappa shape index (κ2) is 35.3. The van der Waals surface area contributed by atoms with Crippen LogP contribution in [0.25, 0.3) is 0 Å². The molecule has 4 fully saturated rings. The lowest BCUT2D eigenvalue weighted by atomic mass is 9.95. The van der Waals surface area contributed by atoms with Gasteiger partial charge in [0.15, 0.2) is 29.2 Å². The molecule has 0 saturated carbocycles. The fourth-order valence-corrected chi connectivity index (χ4v) is 15.0. The van der Waals surface area contributed by atoms with Crippen LogP contribution in [0.3, 0.4) is 0 Å². The number of nitriles is 1. The van der Waals surface area contributed by atoms with Crippen LogP contribution in [-0.2, 0) is 19.1 Å². The highest BCUT2D eigenvalue weighted by Gasteiger charge is 2.46. The smallest absolute Gasteiger partial charge is 0.232 e. The quantitative estimate of drug-likeness (QED) is 0.0366. The maximum absolute atomic E-state index is 14.0. The Labute approximate surface area is 630 Å². The molecule has 29 heteroatoms. The van der Waals surface area contributed by atoms with E-state index in [0.29, 0.717) is 124 Å². The standard InChI is InChI=1S/C26H33ClN6O2.C25H33ClFN7O.C25H31ClN8O/c1-15(2)28-11-22(18-5-7-19(27)8-6-18)26(34)33-20-9-10-21(33)13-32(12-20)25-23-16(3)35-17(4)31-24(23)29-14-30-25;2*1-17(2)28-14-21(19-4-6-20(26)7-5-19)25(35)33-12-10-32(11-13-33)24-22-23(29-16-30-24)31-18(3)15-34(22)9-8-27/h5-8,14-16,20-22,28H,4,9-13H2,1-3H3,(H,29,30,31);4-7,16-17,21,28H,3,8-15H2,1-2H3,(H,29,30,31);4-7,16-17,21,28H,3,9-15H2,1-2H3,(H,29,30,31)/t16-,20?,21?,22+;2*21-/m011/s1. The largest absolute Gasteiger partial charge is 0.471 e. The molecule has 13 rings (SSSR count). The van der Waals surface area contributed by atoms with Crippen LogP contribution in [0.2, 0.25) is 15.1 Å². The number of nitrogens with one attached hydrogen (secondary N) is 6. The average Bonchev–Trinajstić information content (AvgIpc) is 1.31. The van der Waals surface area contributed by atoms with Gasteiger partial charge in [0, 0.05) is 148 Å². The van der Waals surface area contributed by atoms with Crippen molar-refractivity contribution in [2.24, 2.45) is 0 Å². The van der Waals surface area contributed by atoms with E-state index >= 15 is 0 Å². The van der Waals surface area contributed by atoms with Gasteiger partial charge in [0.25, 0.3) is 0 Å². The number of rotatable bonds is 21. The lowest BCUT2D eigenvalue weighted by Crippen LogP contribution is -2.58. The van der Waals surface area contributed by atoms with Gasteiger partial charge in [-0.1, -0.05) is 126 Å². The van der Waals surface area contributed by atoms with E-state index in [1.54, 1.807) is 6.33 Å². The molecule has 2 unspecified atom stereocenters. The first kappa shape index (κ1) is 77.0. The number of anilines is 8. The highest BCUT2D eigenvalue weighted by atomic mass is 35.5. The predicted molar refractivity (Wildman–Crippen MR) is 415 cm³/mol. The van der Waals surface area contributed by atoms with Gasteiger partial charge in [-0.2, -0.15) is 5.26 Å². The Balaban J connectivity index is 0.000000157. The van der Waals surface area contributed by atoms with E-state index in [0.717, 1.165) is 94.2 Å². The number of hydrogen-bond donors (Lipinski definition) is 6. The molecule has 2 bridgehead atoms. The number of benzene rings is 3. The van der Waals surface area contributed by atoms with Crippen molar-refractivity contribution in [2.75, 3.05) is 158 Å². The second-order valence-electron chi connectivity index (χ2n) is 28.3. The van der Waals surface area contributed by atoms with Crippen LogP contribution in [0.1, 0.15) is 107 Å². The Hall–Kier alpha value is -9.10. The monoisotopic (exact) mass is 1490 g/mol. The van der Waals surface area contributed by atoms with Gasteiger partial charge < -0.3 is 75.8 Å². The van der Waals surface area contributed by atoms with E-state index in [4.69, 9.17) is 39.5 Å². The number of carbonyl (C=O) groups excluding carboxylic acids is 3. The second-order valence-corrected chi connectivity index (χ2v) is 29.6. The molecule has 3 aromatic carbocycles. The molecular formula is C76H97Cl3FN21O4. The number of carbonyl (C=O) groups is 3. The predicted octanol–water partition coefficient (Wildman–Crippen LogP) is 10.2. The maximum atomic E-state index is 14.0. The molecule has 0 spiro atoms. The zero-order valence-electron chi connectivity index (χ0n) is 61.0. The zero-order chi connectivity index (χ0) is 74.6. The summed E-state index contributed by atoms with van der Waals surface area (Å²) in [4.78, 5) is 84.5. The molecule has 6 atom stereocenters. The van der Waals surface area contributed by atoms with Gasteiger partial charge in [-0.05, 0) is 79.4 Å². The molecule has 105 heavy (non-hydrogen) atoms. The van der Waals surface area contributed by atoms with Gasteiger partial charge in [0.2, 0.25) is 17.7 Å². The van der Waals surface area contributed by atoms with Crippen LogP contribution < -0.4 is 56.4 Å². The van der Waals surface area contributed by atoms with Gasteiger partial charge in [0.1, 0.15) is 61.3 Å². The molecule has 3 aromatic heterocycles. The molecule has 10 heterocycles. The Bertz CT molecular complexity index is 4060. The van der Waals surface area contributed by atoms with Crippen LogP contribution in [0.5, 0.6) is 0 Å². The number of hydrogen-bond acceptors (Lipinski definition) is 22. The summed E-state index contributed by atoms with van der Waals surface area (Å²) in [7, 11) is 0. The third-order valence-corrected chi connectivity index (χ3v) is 20.5. The number of amides is 3. The van der Waals surface area contributed by atoms with Gasteiger partial charge in [-0.3, -0.25) is 14.4 Å². The molecule has 3 amide bonds. The van der Waals surface area contributed by atoms with E-state index < -0.39 is 6.67 Å². The summed E-state index contributed by atoms with van der Waals surface area (Å²) in [5.41, 5.74) is 7.01. The lowest BCUT2D eigenvalue weighted by Gasteiger charge is -2.44. The van der Waals surface area contributed by atoms with Crippen LogP contribution >= 0.6 is 34.8 Å². The number of ether oxygens (including phenoxy) is 1. The third-order valence-electron chi connectivity index (χ3n) is 19.8. The van der Waals surface area contributed by atoms with E-state index in [2.05, 4.69) is 149 Å². The maximum Gasteiger partial charge on any atom is 0.232 e. The normalized spacial score (nSPS) is 19.2. The molecule has 6 N–H and O–H groups in total. The van der Waals surface area contributed by atoms with Crippen molar-refractivity contribution in [2.45, 2.75) is 115 Å². The topological polar surface area (TPSA) is 260 Å². The minimum atomic E-state index is -0.472. The summed E-state index contributed by atoms with van der Waals surface area (Å²) >= 11 is 18.3. The van der Waals surface area contributed by atoms with Gasteiger partial charge in [-0.15, -0.1) is 0 Å². The Kier molecular flexibility index (Phi) is 25.9. The fraction of sp³-hybridized carbons (Fsp3) is 0.474. The Morgan fingerprint density at radius 2 is 0.943 bits per heavy atom. The number of alkyl halides is 1. The highest BCUT2D eigenvalue weighted by molar-refractivity contribution is 6.31. The first-order valence-electron chi connectivity index (χ1n) is 36.2. The van der Waals surface area contributed by atoms with Crippen molar-refractivity contribution >= 4 is 98.8 Å². The Morgan fingerprint density at radius 3 is 1.35 bits per heavy atom. The minimum absolute atomic E-state index is 0.0989. The fourth-order valence-electron chi connectivity index (χ4n) is 14.6. The zero-order valence-corrected chi connectivity index (χ0v) is 63.2. The summed E-state index contributed by atoms with van der Waals surface area (Å²) in [6.45, 7) is 35.4. The number of piperazine rings is 3. The molecular weight excluding hydrogens is 1400 g/mol. The highest BCUT2D eigenvalue weighted by Crippen LogP contribution is 2.43. The van der Waals surface area contributed by atoms with Gasteiger partial charge in [0.05, 0.1) is 42.5 Å². The van der Waals surface area contributed by atoms with E-state index in [1.165, 1.54) is 12.7 Å². The van der Waals surface area contributed by atoms with Crippen LogP contribution in [0, 0.1) is 11.3 Å². The number of halogens is 4. The number of nitrogens with zero attached hydrogens (tertiary/aromatic N) is 15. The molecule has 0 radical (unpaired) electrons. The van der Waals surface area contributed by atoms with Crippen molar-refractivity contribution in [3.8, 4) is 6.07 Å². The SMILES string of the molecule is C=C1CN(CC#N)c2c(ncnc2N2CCN(C(=O)[C@H](CNC(C)C)c3ccc(Cl)cc3)CC2)N1.C=C1CN(CCF)c2c(ncnc2N2CCN(C(=O)[C@H](CNC(C)C)c3ccc(Cl)cc3)CC2)N1.C=C1Nc2ncnc(N3CC4CCC(C3)N4C(=O)[C@H](CNC(C)C)c3ccc(Cl)cc3)c2[C@H](C)O1. The average molecular weight is 1490 g/mol. The lowest BCUT2D eigenvalue weighted by molar-refractivity contribution is -0.136. The molecule has 6 aromatic rings. The van der Waals surface area contributed by atoms with Crippen molar-refractivity contribution in [1.29, 1.82) is 5.26 Å². The molecule has 7 aliphatic rings. The minimum Gasteiger partial charge on any atom is -0.471 e. The summed E-state index contributed by atoms with van der Waals surface area (Å²) in [6.07, 6.45) is 6.41. The van der Waals surface area contributed by atoms with E-state index in [-0.39, 0.29) is 78.8 Å². The summed E-state index contributed by atoms with van der Waals surface area (Å²) in [6, 6.07) is 26.1. The number of fused-ring (bicyclic) bond motifs is 5. The molecule has 4 saturated heterocycles. The van der Waals surface area contributed by atoms with Crippen molar-refractivity contribution in [3.05, 3.63) is 166 Å². The summed E-state index contributed by atoms with van der Waals surface area (Å²) in [5.74, 6) is 4.51. The summed E-state index contributed by atoms with van der Waals surface area (Å²) in [5, 5.41) is 31.1. The van der Waals surface area contributed by atoms with Crippen molar-refractivity contribution in [1.82, 2.24) is 60.6 Å². The van der Waals surface area contributed by atoms with E-state index in [1.807, 2.05) is 99.3 Å². The first-order valence-corrected chi connectivity index (χ1v) is 37.3. The third kappa shape index (κ3) is 18.8. The van der Waals surface area contributed by atoms with Gasteiger partial charge in [-0.25, -0.2) is 34.3 Å². The van der Waals surface area contributed by atoms with Crippen molar-refractivity contribution in [3.63, 3.8) is 0 Å². The van der Waals surface area contributed by atoms with Crippen LogP contribution in [0.15, 0.2) is 129 Å². The Morgan fingerprint density at radius 1 is 0.552 bits per heavy atom.